The summed E-state index contributed by atoms with van der Waals surface area (Å²) in [5.41, 5.74) is 0.453. The molecule has 0 atom stereocenters. The third kappa shape index (κ3) is 2.80. The molecule has 100 valence electrons. The van der Waals surface area contributed by atoms with Crippen LogP contribution in [0.2, 0.25) is 0 Å². The van der Waals surface area contributed by atoms with Gasteiger partial charge in [-0.1, -0.05) is 0 Å². The van der Waals surface area contributed by atoms with Crippen molar-refractivity contribution in [2.45, 2.75) is 11.8 Å². The predicted molar refractivity (Wildman–Crippen MR) is 70.1 cm³/mol. The molecule has 1 fully saturated rings. The Hall–Kier alpha value is -1.18. The highest BCUT2D eigenvalue weighted by Crippen LogP contribution is 2.18. The minimum absolute atomic E-state index is 0.0976. The Morgan fingerprint density at radius 1 is 1.22 bits per heavy atom. The molecule has 0 aromatic carbocycles. The van der Waals surface area contributed by atoms with Crippen molar-refractivity contribution in [1.29, 1.82) is 0 Å². The molecule has 0 unspecified atom stereocenters. The monoisotopic (exact) mass is 270 g/mol. The van der Waals surface area contributed by atoms with Crippen LogP contribution in [0, 0.1) is 6.92 Å². The maximum Gasteiger partial charge on any atom is 0.239 e. The van der Waals surface area contributed by atoms with E-state index in [1.807, 2.05) is 0 Å². The van der Waals surface area contributed by atoms with E-state index in [0.717, 1.165) is 32.0 Å². The molecule has 0 amide bonds. The van der Waals surface area contributed by atoms with Crippen LogP contribution in [-0.2, 0) is 10.0 Å². The van der Waals surface area contributed by atoms with E-state index in [9.17, 15) is 8.42 Å². The summed E-state index contributed by atoms with van der Waals surface area (Å²) < 4.78 is 22.6. The fraction of sp³-hybridized carbons (Fsp3) is 0.545. The maximum atomic E-state index is 11.3. The zero-order chi connectivity index (χ0) is 13.3. The molecule has 6 nitrogen and oxygen atoms in total. The molecule has 1 aliphatic heterocycles. The Labute approximate surface area is 107 Å². The number of primary sulfonamides is 1. The van der Waals surface area contributed by atoms with Gasteiger partial charge in [-0.05, 0) is 26.1 Å². The smallest absolute Gasteiger partial charge is 0.239 e. The van der Waals surface area contributed by atoms with E-state index in [-0.39, 0.29) is 4.90 Å². The van der Waals surface area contributed by atoms with Crippen molar-refractivity contribution in [3.05, 3.63) is 17.8 Å². The van der Waals surface area contributed by atoms with Crippen LogP contribution < -0.4 is 10.0 Å². The molecule has 2 rings (SSSR count). The zero-order valence-electron chi connectivity index (χ0n) is 10.6. The Morgan fingerprint density at radius 3 is 2.33 bits per heavy atom. The van der Waals surface area contributed by atoms with Crippen LogP contribution >= 0.6 is 0 Å². The number of aryl methyl sites for hydroxylation is 1. The molecule has 1 saturated heterocycles. The molecular formula is C11H18N4O2S. The quantitative estimate of drug-likeness (QED) is 0.804. The van der Waals surface area contributed by atoms with Crippen LogP contribution in [0.3, 0.4) is 0 Å². The number of pyridine rings is 1. The van der Waals surface area contributed by atoms with Gasteiger partial charge < -0.3 is 9.80 Å². The van der Waals surface area contributed by atoms with Crippen LogP contribution in [0.1, 0.15) is 5.69 Å². The summed E-state index contributed by atoms with van der Waals surface area (Å²) in [6.07, 6.45) is 0. The van der Waals surface area contributed by atoms with Crippen molar-refractivity contribution in [3.8, 4) is 0 Å². The van der Waals surface area contributed by atoms with Crippen LogP contribution in [0.25, 0.3) is 0 Å². The van der Waals surface area contributed by atoms with Gasteiger partial charge in [-0.3, -0.25) is 0 Å². The largest absolute Gasteiger partial charge is 0.354 e. The number of hydrogen-bond donors (Lipinski definition) is 1. The number of sulfonamides is 1. The first-order chi connectivity index (χ1) is 8.38. The molecule has 2 N–H and O–H groups in total. The summed E-state index contributed by atoms with van der Waals surface area (Å²) in [4.78, 5) is 8.84. The van der Waals surface area contributed by atoms with Crippen LogP contribution in [0.5, 0.6) is 0 Å². The van der Waals surface area contributed by atoms with Gasteiger partial charge in [-0.15, -0.1) is 0 Å². The first kappa shape index (κ1) is 13.3. The Bertz CT molecular complexity index is 536. The first-order valence-electron chi connectivity index (χ1n) is 5.82. The predicted octanol–water partition coefficient (Wildman–Crippen LogP) is -0.211. The molecule has 0 radical (unpaired) electrons. The van der Waals surface area contributed by atoms with E-state index in [4.69, 9.17) is 5.14 Å². The zero-order valence-corrected chi connectivity index (χ0v) is 11.4. The minimum atomic E-state index is -3.68. The topological polar surface area (TPSA) is 79.5 Å². The Morgan fingerprint density at radius 2 is 1.83 bits per heavy atom. The number of hydrogen-bond acceptors (Lipinski definition) is 5. The molecule has 0 bridgehead atoms. The number of anilines is 1. The lowest BCUT2D eigenvalue weighted by Crippen LogP contribution is -2.44. The van der Waals surface area contributed by atoms with Crippen LogP contribution in [-0.4, -0.2) is 51.5 Å². The first-order valence-corrected chi connectivity index (χ1v) is 7.36. The Kier molecular flexibility index (Phi) is 3.56. The molecular weight excluding hydrogens is 252 g/mol. The van der Waals surface area contributed by atoms with Crippen molar-refractivity contribution in [2.24, 2.45) is 5.14 Å². The minimum Gasteiger partial charge on any atom is -0.354 e. The summed E-state index contributed by atoms with van der Waals surface area (Å²) >= 11 is 0. The molecule has 1 aromatic heterocycles. The van der Waals surface area contributed by atoms with Gasteiger partial charge in [-0.2, -0.15) is 0 Å². The fourth-order valence-corrected chi connectivity index (χ4v) is 2.76. The third-order valence-electron chi connectivity index (χ3n) is 3.16. The van der Waals surface area contributed by atoms with E-state index in [1.165, 1.54) is 6.07 Å². The molecule has 1 aromatic rings. The maximum absolute atomic E-state index is 11.3. The lowest BCUT2D eigenvalue weighted by atomic mass is 10.3. The van der Waals surface area contributed by atoms with Crippen molar-refractivity contribution in [1.82, 2.24) is 9.88 Å². The average molecular weight is 270 g/mol. The van der Waals surface area contributed by atoms with Crippen molar-refractivity contribution in [3.63, 3.8) is 0 Å². The second-order valence-electron chi connectivity index (χ2n) is 4.59. The van der Waals surface area contributed by atoms with Crippen molar-refractivity contribution in [2.75, 3.05) is 38.1 Å². The summed E-state index contributed by atoms with van der Waals surface area (Å²) in [5, 5.41) is 5.12. The third-order valence-corrected chi connectivity index (χ3v) is 4.20. The summed E-state index contributed by atoms with van der Waals surface area (Å²) in [7, 11) is -1.60. The summed E-state index contributed by atoms with van der Waals surface area (Å²) in [5.74, 6) is 0.813. The highest BCUT2D eigenvalue weighted by molar-refractivity contribution is 7.89. The summed E-state index contributed by atoms with van der Waals surface area (Å²) in [6.45, 7) is 5.43. The van der Waals surface area contributed by atoms with Crippen LogP contribution in [0.15, 0.2) is 17.0 Å². The number of piperazine rings is 1. The molecule has 2 heterocycles. The normalized spacial score (nSPS) is 18.1. The lowest BCUT2D eigenvalue weighted by Gasteiger charge is -2.33. The molecule has 0 spiro atoms. The van der Waals surface area contributed by atoms with Crippen molar-refractivity contribution >= 4 is 15.8 Å². The average Bonchev–Trinajstić information content (AvgIpc) is 2.28. The SMILES string of the molecule is Cc1nc(N2CCN(C)CC2)ccc1S(N)(=O)=O. The highest BCUT2D eigenvalue weighted by atomic mass is 32.2. The fourth-order valence-electron chi connectivity index (χ4n) is 2.05. The van der Waals surface area contributed by atoms with E-state index < -0.39 is 10.0 Å². The van der Waals surface area contributed by atoms with Gasteiger partial charge in [0.1, 0.15) is 10.7 Å². The van der Waals surface area contributed by atoms with Gasteiger partial charge in [0.25, 0.3) is 0 Å². The van der Waals surface area contributed by atoms with Gasteiger partial charge in [0, 0.05) is 26.2 Å². The number of rotatable bonds is 2. The molecule has 7 heteroatoms. The lowest BCUT2D eigenvalue weighted by molar-refractivity contribution is 0.312. The number of nitrogens with two attached hydrogens (primary N) is 1. The van der Waals surface area contributed by atoms with Crippen LogP contribution in [0.4, 0.5) is 5.82 Å². The molecule has 0 aliphatic carbocycles. The number of aromatic nitrogens is 1. The summed E-state index contributed by atoms with van der Waals surface area (Å²) in [6, 6.07) is 3.25. The number of likely N-dealkylation sites (N-methyl/N-ethyl adjacent to an activating group) is 1. The number of nitrogens with zero attached hydrogens (tertiary/aromatic N) is 3. The second kappa shape index (κ2) is 4.83. The standard InChI is InChI=1S/C11H18N4O2S/c1-9-10(18(12,16)17)3-4-11(13-9)15-7-5-14(2)6-8-15/h3-4H,5-8H2,1-2H3,(H2,12,16,17). The highest BCUT2D eigenvalue weighted by Gasteiger charge is 2.18. The van der Waals surface area contributed by atoms with Gasteiger partial charge in [0.05, 0.1) is 5.69 Å². The van der Waals surface area contributed by atoms with Crippen molar-refractivity contribution < 1.29 is 8.42 Å². The van der Waals surface area contributed by atoms with Gasteiger partial charge in [0.2, 0.25) is 10.0 Å². The van der Waals surface area contributed by atoms with Gasteiger partial charge in [-0.25, -0.2) is 18.5 Å². The van der Waals surface area contributed by atoms with E-state index >= 15 is 0 Å². The van der Waals surface area contributed by atoms with E-state index in [2.05, 4.69) is 21.8 Å². The molecule has 1 aliphatic rings. The van der Waals surface area contributed by atoms with Gasteiger partial charge in [0.15, 0.2) is 0 Å². The molecule has 0 saturated carbocycles. The van der Waals surface area contributed by atoms with Gasteiger partial charge >= 0.3 is 0 Å². The molecule has 18 heavy (non-hydrogen) atoms. The van der Waals surface area contributed by atoms with E-state index in [1.54, 1.807) is 13.0 Å². The Balaban J connectivity index is 2.24. The van der Waals surface area contributed by atoms with E-state index in [0.29, 0.717) is 5.69 Å². The second-order valence-corrected chi connectivity index (χ2v) is 6.12.